The summed E-state index contributed by atoms with van der Waals surface area (Å²) in [6, 6.07) is 1.03. The first-order valence-electron chi connectivity index (χ1n) is 7.78. The average molecular weight is 422 g/mol. The summed E-state index contributed by atoms with van der Waals surface area (Å²) in [5.41, 5.74) is -0.868. The van der Waals surface area contributed by atoms with Gasteiger partial charge in [0.2, 0.25) is 0 Å². The lowest BCUT2D eigenvalue weighted by Gasteiger charge is -2.39. The Kier molecular flexibility index (Phi) is 7.25. The van der Waals surface area contributed by atoms with Crippen LogP contribution in [0.3, 0.4) is 0 Å². The summed E-state index contributed by atoms with van der Waals surface area (Å²) in [7, 11) is 0. The summed E-state index contributed by atoms with van der Waals surface area (Å²) in [5, 5.41) is -0.317. The van der Waals surface area contributed by atoms with E-state index in [-0.39, 0.29) is 16.7 Å². The fraction of sp³-hybridized carbons (Fsp3) is 0.500. The van der Waals surface area contributed by atoms with E-state index in [9.17, 15) is 18.8 Å². The molecule has 0 radical (unpaired) electrons. The number of ether oxygens (including phenoxy) is 4. The molecule has 1 aromatic heterocycles. The monoisotopic (exact) mass is 421 g/mol. The van der Waals surface area contributed by atoms with E-state index in [2.05, 4.69) is 4.98 Å². The van der Waals surface area contributed by atoms with E-state index < -0.39 is 47.5 Å². The minimum Gasteiger partial charge on any atom is -0.474 e. The zero-order chi connectivity index (χ0) is 20.1. The Balaban J connectivity index is 2.28. The van der Waals surface area contributed by atoms with Crippen molar-refractivity contribution in [3.63, 3.8) is 0 Å². The van der Waals surface area contributed by atoms with Crippen molar-refractivity contribution in [3.8, 4) is 5.75 Å². The van der Waals surface area contributed by atoms with Crippen molar-refractivity contribution < 1.29 is 37.7 Å². The van der Waals surface area contributed by atoms with Gasteiger partial charge in [0, 0.05) is 32.6 Å². The number of hydrogen-bond acceptors (Lipinski definition) is 9. The minimum atomic E-state index is -1.10. The molecule has 0 saturated carbocycles. The second kappa shape index (κ2) is 9.23. The van der Waals surface area contributed by atoms with Crippen LogP contribution in [0.15, 0.2) is 12.3 Å². The molecule has 0 bridgehead atoms. The first-order chi connectivity index (χ1) is 12.7. The molecule has 0 spiro atoms. The molecule has 0 N–H and O–H groups in total. The number of aromatic nitrogens is 1. The lowest BCUT2D eigenvalue weighted by atomic mass is 10.1. The molecule has 11 heteroatoms. The van der Waals surface area contributed by atoms with Crippen LogP contribution in [0.1, 0.15) is 20.8 Å². The first kappa shape index (κ1) is 21.2. The fourth-order valence-electron chi connectivity index (χ4n) is 2.41. The van der Waals surface area contributed by atoms with Gasteiger partial charge in [-0.25, -0.2) is 9.37 Å². The summed E-state index contributed by atoms with van der Waals surface area (Å²) in [4.78, 5) is 38.0. The molecular weight excluding hydrogens is 405 g/mol. The second-order valence-electron chi connectivity index (χ2n) is 5.56. The largest absolute Gasteiger partial charge is 0.474 e. The Morgan fingerprint density at radius 1 is 1.11 bits per heavy atom. The molecule has 1 fully saturated rings. The van der Waals surface area contributed by atoms with Gasteiger partial charge in [-0.1, -0.05) is 11.6 Å². The van der Waals surface area contributed by atoms with E-state index in [0.29, 0.717) is 0 Å². The SMILES string of the molecule is CC(=O)O[C@@H]1[C@@H](OC(C)=O)[C@@H](Oc2cnc(Cl)c(F)c2)SC[C@H]1OC(C)=O. The van der Waals surface area contributed by atoms with Crippen molar-refractivity contribution in [2.75, 3.05) is 5.75 Å². The summed E-state index contributed by atoms with van der Waals surface area (Å²) in [6.45, 7) is 3.55. The molecule has 148 valence electrons. The molecular formula is C16H17ClFNO7S. The standard InChI is InChI=1S/C16H17ClFNO7S/c1-7(20)23-12-6-27-16(26-10-4-11(18)15(17)19-5-10)14(25-9(3)22)13(12)24-8(2)21/h4-5,12-14,16H,6H2,1-3H3/t12-,13+,14-,16+/m1/s1. The van der Waals surface area contributed by atoms with Crippen molar-refractivity contribution in [1.29, 1.82) is 0 Å². The third kappa shape index (κ3) is 5.96. The van der Waals surface area contributed by atoms with E-state index in [4.69, 9.17) is 30.5 Å². The third-order valence-electron chi connectivity index (χ3n) is 3.33. The number of thioether (sulfide) groups is 1. The zero-order valence-electron chi connectivity index (χ0n) is 14.6. The molecule has 1 aromatic rings. The van der Waals surface area contributed by atoms with Crippen molar-refractivity contribution in [3.05, 3.63) is 23.2 Å². The number of carbonyl (C=O) groups is 3. The molecule has 2 rings (SSSR count). The second-order valence-corrected chi connectivity index (χ2v) is 7.05. The highest BCUT2D eigenvalue weighted by Gasteiger charge is 2.47. The van der Waals surface area contributed by atoms with Crippen LogP contribution < -0.4 is 4.74 Å². The number of carbonyl (C=O) groups excluding carboxylic acids is 3. The van der Waals surface area contributed by atoms with Crippen molar-refractivity contribution >= 4 is 41.3 Å². The van der Waals surface area contributed by atoms with Gasteiger partial charge in [0.05, 0.1) is 6.20 Å². The number of pyridine rings is 1. The van der Waals surface area contributed by atoms with Crippen LogP contribution in [-0.4, -0.2) is 52.4 Å². The molecule has 4 atom stereocenters. The molecule has 1 aliphatic rings. The van der Waals surface area contributed by atoms with Gasteiger partial charge in [-0.3, -0.25) is 14.4 Å². The highest BCUT2D eigenvalue weighted by molar-refractivity contribution is 7.99. The van der Waals surface area contributed by atoms with Gasteiger partial charge in [0.1, 0.15) is 5.75 Å². The van der Waals surface area contributed by atoms with Gasteiger partial charge in [-0.2, -0.15) is 0 Å². The molecule has 27 heavy (non-hydrogen) atoms. The lowest BCUT2D eigenvalue weighted by molar-refractivity contribution is -0.186. The quantitative estimate of drug-likeness (QED) is 0.402. The van der Waals surface area contributed by atoms with Crippen LogP contribution in [0.2, 0.25) is 5.15 Å². The zero-order valence-corrected chi connectivity index (χ0v) is 16.2. The maximum atomic E-state index is 13.6. The highest BCUT2D eigenvalue weighted by atomic mass is 35.5. The van der Waals surface area contributed by atoms with Crippen LogP contribution in [0.5, 0.6) is 5.75 Å². The topological polar surface area (TPSA) is 101 Å². The molecule has 2 heterocycles. The summed E-state index contributed by atoms with van der Waals surface area (Å²) < 4.78 is 34.9. The Labute approximate surface area is 163 Å². The number of esters is 3. The Bertz CT molecular complexity index is 735. The molecule has 0 amide bonds. The maximum Gasteiger partial charge on any atom is 0.303 e. The lowest BCUT2D eigenvalue weighted by Crippen LogP contribution is -2.55. The van der Waals surface area contributed by atoms with Crippen molar-refractivity contribution in [2.45, 2.75) is 44.5 Å². The minimum absolute atomic E-state index is 0.0408. The highest BCUT2D eigenvalue weighted by Crippen LogP contribution is 2.34. The van der Waals surface area contributed by atoms with Crippen molar-refractivity contribution in [1.82, 2.24) is 4.98 Å². The normalized spacial score (nSPS) is 24.6. The molecule has 0 aromatic carbocycles. The number of rotatable bonds is 5. The van der Waals surface area contributed by atoms with Crippen LogP contribution in [0, 0.1) is 5.82 Å². The summed E-state index contributed by atoms with van der Waals surface area (Å²) >= 11 is 6.69. The first-order valence-corrected chi connectivity index (χ1v) is 9.21. The molecule has 1 aliphatic heterocycles. The molecule has 1 saturated heterocycles. The van der Waals surface area contributed by atoms with Crippen LogP contribution >= 0.6 is 23.4 Å². The third-order valence-corrected chi connectivity index (χ3v) is 4.82. The predicted molar refractivity (Wildman–Crippen MR) is 92.7 cm³/mol. The van der Waals surface area contributed by atoms with Gasteiger partial charge >= 0.3 is 17.9 Å². The van der Waals surface area contributed by atoms with Crippen LogP contribution in [0.4, 0.5) is 4.39 Å². The Morgan fingerprint density at radius 3 is 2.26 bits per heavy atom. The van der Waals surface area contributed by atoms with E-state index in [1.54, 1.807) is 0 Å². The van der Waals surface area contributed by atoms with Gasteiger partial charge in [-0.15, -0.1) is 11.8 Å². The Morgan fingerprint density at radius 2 is 1.70 bits per heavy atom. The molecule has 8 nitrogen and oxygen atoms in total. The summed E-state index contributed by atoms with van der Waals surface area (Å²) in [5.74, 6) is -2.44. The Hall–Kier alpha value is -2.07. The average Bonchev–Trinajstić information content (AvgIpc) is 2.55. The van der Waals surface area contributed by atoms with Crippen LogP contribution in [0.25, 0.3) is 0 Å². The van der Waals surface area contributed by atoms with Gasteiger partial charge in [0.25, 0.3) is 0 Å². The number of nitrogens with zero attached hydrogens (tertiary/aromatic N) is 1. The van der Waals surface area contributed by atoms with Gasteiger partial charge < -0.3 is 18.9 Å². The smallest absolute Gasteiger partial charge is 0.303 e. The molecule has 0 aliphatic carbocycles. The van der Waals surface area contributed by atoms with Crippen LogP contribution in [-0.2, 0) is 28.6 Å². The van der Waals surface area contributed by atoms with Gasteiger partial charge in [-0.05, 0) is 0 Å². The van der Waals surface area contributed by atoms with Crippen molar-refractivity contribution in [2.24, 2.45) is 0 Å². The van der Waals surface area contributed by atoms with E-state index in [1.165, 1.54) is 27.0 Å². The number of halogens is 2. The molecule has 0 unspecified atom stereocenters. The van der Waals surface area contributed by atoms with E-state index >= 15 is 0 Å². The predicted octanol–water partition coefficient (Wildman–Crippen LogP) is 2.12. The van der Waals surface area contributed by atoms with E-state index in [1.807, 2.05) is 0 Å². The fourth-order valence-corrected chi connectivity index (χ4v) is 3.73. The number of hydrogen-bond donors (Lipinski definition) is 0. The maximum absolute atomic E-state index is 13.6. The van der Waals surface area contributed by atoms with Gasteiger partial charge in [0.15, 0.2) is 34.7 Å². The van der Waals surface area contributed by atoms with E-state index in [0.717, 1.165) is 17.8 Å². The summed E-state index contributed by atoms with van der Waals surface area (Å²) in [6.07, 6.45) is -1.84.